The summed E-state index contributed by atoms with van der Waals surface area (Å²) in [6.45, 7) is 3.04. The Bertz CT molecular complexity index is 827. The van der Waals surface area contributed by atoms with Crippen LogP contribution >= 0.6 is 0 Å². The second-order valence-electron chi connectivity index (χ2n) is 6.30. The van der Waals surface area contributed by atoms with E-state index in [9.17, 15) is 19.5 Å². The van der Waals surface area contributed by atoms with E-state index in [-0.39, 0.29) is 11.7 Å². The molecule has 2 atom stereocenters. The zero-order chi connectivity index (χ0) is 18.1. The molecule has 8 heteroatoms. The van der Waals surface area contributed by atoms with E-state index in [1.165, 1.54) is 11.8 Å². The van der Waals surface area contributed by atoms with Crippen LogP contribution in [-0.4, -0.2) is 56.1 Å². The van der Waals surface area contributed by atoms with Crippen molar-refractivity contribution in [3.05, 3.63) is 30.0 Å². The van der Waals surface area contributed by atoms with Gasteiger partial charge in [0.1, 0.15) is 12.1 Å². The third kappa shape index (κ3) is 3.33. The number of carbonyl (C=O) groups is 3. The number of hydrogen-bond donors (Lipinski definition) is 3. The minimum Gasteiger partial charge on any atom is -0.480 e. The molecule has 3 N–H and O–H groups in total. The lowest BCUT2D eigenvalue weighted by atomic mass is 10.1. The van der Waals surface area contributed by atoms with Crippen molar-refractivity contribution in [1.29, 1.82) is 0 Å². The highest BCUT2D eigenvalue weighted by molar-refractivity contribution is 6.06. The van der Waals surface area contributed by atoms with Crippen LogP contribution in [0.4, 0.5) is 0 Å². The molecule has 0 bridgehead atoms. The normalized spacial score (nSPS) is 16.2. The Hall–Kier alpha value is -2.90. The maximum Gasteiger partial charge on any atom is 0.326 e. The first-order chi connectivity index (χ1) is 11.9. The molecule has 0 aliphatic heterocycles. The van der Waals surface area contributed by atoms with Crippen LogP contribution in [0.3, 0.4) is 0 Å². The fraction of sp³-hybridized carbons (Fsp3) is 0.412. The highest BCUT2D eigenvalue weighted by Gasteiger charge is 2.40. The number of aromatic nitrogens is 2. The van der Waals surface area contributed by atoms with Crippen LogP contribution in [0.2, 0.25) is 0 Å². The molecule has 0 spiro atoms. The first kappa shape index (κ1) is 16.9. The number of nitrogens with one attached hydrogen (secondary N) is 2. The zero-order valence-corrected chi connectivity index (χ0v) is 14.0. The lowest BCUT2D eigenvalue weighted by Crippen LogP contribution is -2.53. The maximum atomic E-state index is 12.7. The molecule has 1 fully saturated rings. The Morgan fingerprint density at radius 3 is 2.60 bits per heavy atom. The van der Waals surface area contributed by atoms with E-state index in [0.717, 1.165) is 18.4 Å². The highest BCUT2D eigenvalue weighted by Crippen LogP contribution is 2.29. The number of aliphatic carboxylic acids is 1. The van der Waals surface area contributed by atoms with E-state index in [0.29, 0.717) is 5.39 Å². The monoisotopic (exact) mass is 344 g/mol. The number of para-hydroxylation sites is 1. The molecule has 3 rings (SSSR count). The van der Waals surface area contributed by atoms with Gasteiger partial charge in [-0.05, 0) is 32.8 Å². The molecule has 2 amide bonds. The van der Waals surface area contributed by atoms with Crippen molar-refractivity contribution in [2.24, 2.45) is 0 Å². The lowest BCUT2D eigenvalue weighted by Gasteiger charge is -2.29. The maximum absolute atomic E-state index is 12.7. The van der Waals surface area contributed by atoms with E-state index in [1.54, 1.807) is 25.1 Å². The number of carboxylic acids is 1. The summed E-state index contributed by atoms with van der Waals surface area (Å²) in [5.41, 5.74) is 0.935. The molecule has 8 nitrogen and oxygen atoms in total. The molecule has 0 radical (unpaired) electrons. The number of benzene rings is 1. The minimum atomic E-state index is -1.06. The summed E-state index contributed by atoms with van der Waals surface area (Å²) in [6, 6.07) is 5.36. The fourth-order valence-electron chi connectivity index (χ4n) is 2.85. The summed E-state index contributed by atoms with van der Waals surface area (Å²) in [7, 11) is 0. The van der Waals surface area contributed by atoms with E-state index in [2.05, 4.69) is 15.5 Å². The molecule has 132 valence electrons. The van der Waals surface area contributed by atoms with Crippen molar-refractivity contribution in [3.8, 4) is 0 Å². The van der Waals surface area contributed by atoms with Gasteiger partial charge in [0, 0.05) is 11.4 Å². The Morgan fingerprint density at radius 2 is 1.96 bits per heavy atom. The third-order valence-corrected chi connectivity index (χ3v) is 4.37. The van der Waals surface area contributed by atoms with E-state index in [1.807, 2.05) is 6.07 Å². The van der Waals surface area contributed by atoms with Gasteiger partial charge >= 0.3 is 5.97 Å². The van der Waals surface area contributed by atoms with Gasteiger partial charge in [0.05, 0.1) is 5.52 Å². The SMILES string of the molecule is CC(NC(=O)c1n[nH]c2ccccc12)C(=O)N(C1CC1)C(C)C(=O)O. The van der Waals surface area contributed by atoms with E-state index >= 15 is 0 Å². The Morgan fingerprint density at radius 1 is 1.28 bits per heavy atom. The number of hydrogen-bond acceptors (Lipinski definition) is 4. The summed E-state index contributed by atoms with van der Waals surface area (Å²) in [5, 5.41) is 19.3. The van der Waals surface area contributed by atoms with Gasteiger partial charge in [0.15, 0.2) is 5.69 Å². The van der Waals surface area contributed by atoms with Gasteiger partial charge < -0.3 is 15.3 Å². The number of fused-ring (bicyclic) bond motifs is 1. The topological polar surface area (TPSA) is 115 Å². The average molecular weight is 344 g/mol. The van der Waals surface area contributed by atoms with Crippen molar-refractivity contribution in [2.75, 3.05) is 0 Å². The molecule has 1 saturated carbocycles. The molecule has 1 aromatic carbocycles. The van der Waals surface area contributed by atoms with Crippen LogP contribution in [0.5, 0.6) is 0 Å². The van der Waals surface area contributed by atoms with Gasteiger partial charge in [0.25, 0.3) is 5.91 Å². The quantitative estimate of drug-likeness (QED) is 0.727. The van der Waals surface area contributed by atoms with Crippen molar-refractivity contribution in [3.63, 3.8) is 0 Å². The lowest BCUT2D eigenvalue weighted by molar-refractivity contribution is -0.150. The van der Waals surface area contributed by atoms with Crippen LogP contribution in [0, 0.1) is 0 Å². The fourth-order valence-corrected chi connectivity index (χ4v) is 2.85. The van der Waals surface area contributed by atoms with Crippen LogP contribution in [0.1, 0.15) is 37.2 Å². The Balaban J connectivity index is 1.74. The average Bonchev–Trinajstić information content (AvgIpc) is 3.32. The summed E-state index contributed by atoms with van der Waals surface area (Å²) < 4.78 is 0. The number of amides is 2. The van der Waals surface area contributed by atoms with Crippen LogP contribution in [0.25, 0.3) is 10.9 Å². The smallest absolute Gasteiger partial charge is 0.326 e. The van der Waals surface area contributed by atoms with Gasteiger partial charge in [0.2, 0.25) is 5.91 Å². The summed E-state index contributed by atoms with van der Waals surface area (Å²) in [5.74, 6) is -1.93. The van der Waals surface area contributed by atoms with Gasteiger partial charge in [-0.15, -0.1) is 0 Å². The largest absolute Gasteiger partial charge is 0.480 e. The van der Waals surface area contributed by atoms with Crippen LogP contribution in [-0.2, 0) is 9.59 Å². The van der Waals surface area contributed by atoms with Gasteiger partial charge in [-0.25, -0.2) is 4.79 Å². The molecule has 25 heavy (non-hydrogen) atoms. The summed E-state index contributed by atoms with van der Waals surface area (Å²) >= 11 is 0. The van der Waals surface area contributed by atoms with Crippen LogP contribution < -0.4 is 5.32 Å². The number of carbonyl (C=O) groups excluding carboxylic acids is 2. The first-order valence-electron chi connectivity index (χ1n) is 8.19. The first-order valence-corrected chi connectivity index (χ1v) is 8.19. The third-order valence-electron chi connectivity index (χ3n) is 4.37. The predicted octanol–water partition coefficient (Wildman–Crippen LogP) is 1.15. The number of aromatic amines is 1. The molecule has 0 saturated heterocycles. The zero-order valence-electron chi connectivity index (χ0n) is 14.0. The summed E-state index contributed by atoms with van der Waals surface area (Å²) in [4.78, 5) is 37.7. The van der Waals surface area contributed by atoms with Crippen molar-refractivity contribution >= 4 is 28.7 Å². The Labute approximate surface area is 144 Å². The van der Waals surface area contributed by atoms with Gasteiger partial charge in [-0.1, -0.05) is 18.2 Å². The van der Waals surface area contributed by atoms with Gasteiger partial charge in [-0.3, -0.25) is 14.7 Å². The number of rotatable bonds is 6. The highest BCUT2D eigenvalue weighted by atomic mass is 16.4. The number of nitrogens with zero attached hydrogens (tertiary/aromatic N) is 2. The molecule has 1 heterocycles. The van der Waals surface area contributed by atoms with Crippen molar-refractivity contribution < 1.29 is 19.5 Å². The van der Waals surface area contributed by atoms with Crippen LogP contribution in [0.15, 0.2) is 24.3 Å². The molecule has 2 unspecified atom stereocenters. The standard InChI is InChI=1S/C17H20N4O4/c1-9(16(23)21(11-7-8-11)10(2)17(24)25)18-15(22)14-12-5-3-4-6-13(12)19-20-14/h3-6,9-11H,7-8H2,1-2H3,(H,18,22)(H,19,20)(H,24,25). The van der Waals surface area contributed by atoms with Gasteiger partial charge in [-0.2, -0.15) is 5.10 Å². The predicted molar refractivity (Wildman–Crippen MR) is 90.0 cm³/mol. The molecule has 1 aliphatic rings. The van der Waals surface area contributed by atoms with Crippen molar-refractivity contribution in [2.45, 2.75) is 44.8 Å². The number of carboxylic acid groups (broad SMARTS) is 1. The Kier molecular flexibility index (Phi) is 4.43. The number of H-pyrrole nitrogens is 1. The molecular formula is C17H20N4O4. The second-order valence-corrected chi connectivity index (χ2v) is 6.30. The van der Waals surface area contributed by atoms with E-state index < -0.39 is 29.9 Å². The molecular weight excluding hydrogens is 324 g/mol. The molecule has 1 aliphatic carbocycles. The van der Waals surface area contributed by atoms with Crippen molar-refractivity contribution in [1.82, 2.24) is 20.4 Å². The molecule has 2 aromatic rings. The van der Waals surface area contributed by atoms with E-state index in [4.69, 9.17) is 0 Å². The second kappa shape index (κ2) is 6.54. The summed E-state index contributed by atoms with van der Waals surface area (Å²) in [6.07, 6.45) is 1.57. The molecule has 1 aromatic heterocycles. The minimum absolute atomic E-state index is 0.0656.